The average Bonchev–Trinajstić information content (AvgIpc) is 2.82. The molecule has 1 aromatic heterocycles. The zero-order valence-electron chi connectivity index (χ0n) is 8.62. The van der Waals surface area contributed by atoms with E-state index in [0.717, 1.165) is 0 Å². The van der Waals surface area contributed by atoms with Gasteiger partial charge >= 0.3 is 0 Å². The van der Waals surface area contributed by atoms with Gasteiger partial charge in [0, 0.05) is 17.8 Å². The van der Waals surface area contributed by atoms with Crippen LogP contribution in [0.1, 0.15) is 9.67 Å². The molecule has 0 atom stereocenters. The molecule has 5 nitrogen and oxygen atoms in total. The van der Waals surface area contributed by atoms with Gasteiger partial charge in [0.15, 0.2) is 0 Å². The van der Waals surface area contributed by atoms with Crippen LogP contribution in [0.3, 0.4) is 0 Å². The van der Waals surface area contributed by atoms with E-state index in [9.17, 15) is 14.9 Å². The monoisotopic (exact) mass is 248 g/mol. The van der Waals surface area contributed by atoms with Gasteiger partial charge in [-0.3, -0.25) is 14.9 Å². The molecule has 17 heavy (non-hydrogen) atoms. The molecule has 0 aliphatic rings. The number of nitrogens with one attached hydrogen (secondary N) is 1. The molecule has 0 saturated heterocycles. The summed E-state index contributed by atoms with van der Waals surface area (Å²) < 4.78 is 0. The SMILES string of the molecule is O=C(Nc1cccc([N+](=O)[O-])c1)c1cccs1. The van der Waals surface area contributed by atoms with Crippen LogP contribution in [-0.2, 0) is 0 Å². The number of benzene rings is 1. The van der Waals surface area contributed by atoms with E-state index >= 15 is 0 Å². The molecule has 6 heteroatoms. The van der Waals surface area contributed by atoms with Gasteiger partial charge in [0.2, 0.25) is 0 Å². The van der Waals surface area contributed by atoms with Gasteiger partial charge in [-0.1, -0.05) is 12.1 Å². The third-order valence-electron chi connectivity index (χ3n) is 2.06. The zero-order valence-corrected chi connectivity index (χ0v) is 9.44. The lowest BCUT2D eigenvalue weighted by Crippen LogP contribution is -2.10. The third-order valence-corrected chi connectivity index (χ3v) is 2.93. The fourth-order valence-corrected chi connectivity index (χ4v) is 1.92. The molecule has 1 aromatic carbocycles. The van der Waals surface area contributed by atoms with Crippen LogP contribution < -0.4 is 5.32 Å². The van der Waals surface area contributed by atoms with Gasteiger partial charge in [0.05, 0.1) is 9.80 Å². The van der Waals surface area contributed by atoms with Crippen molar-refractivity contribution in [3.05, 3.63) is 56.8 Å². The van der Waals surface area contributed by atoms with E-state index in [1.54, 1.807) is 23.6 Å². The van der Waals surface area contributed by atoms with Crippen LogP contribution in [0.25, 0.3) is 0 Å². The minimum Gasteiger partial charge on any atom is -0.321 e. The number of non-ortho nitro benzene ring substituents is 1. The summed E-state index contributed by atoms with van der Waals surface area (Å²) in [5, 5.41) is 15.0. The topological polar surface area (TPSA) is 72.2 Å². The third kappa shape index (κ3) is 2.67. The van der Waals surface area contributed by atoms with Crippen molar-refractivity contribution in [2.45, 2.75) is 0 Å². The molecule has 2 rings (SSSR count). The number of nitrogens with zero attached hydrogens (tertiary/aromatic N) is 1. The number of thiophene rings is 1. The van der Waals surface area contributed by atoms with Gasteiger partial charge in [-0.05, 0) is 17.5 Å². The minimum absolute atomic E-state index is 0.0472. The smallest absolute Gasteiger partial charge is 0.271 e. The Morgan fingerprint density at radius 1 is 1.29 bits per heavy atom. The van der Waals surface area contributed by atoms with Gasteiger partial charge < -0.3 is 5.32 Å². The van der Waals surface area contributed by atoms with Crippen LogP contribution in [-0.4, -0.2) is 10.8 Å². The number of carbonyl (C=O) groups is 1. The largest absolute Gasteiger partial charge is 0.321 e. The first-order chi connectivity index (χ1) is 8.16. The summed E-state index contributed by atoms with van der Waals surface area (Å²) in [5.41, 5.74) is 0.367. The molecular weight excluding hydrogens is 240 g/mol. The molecule has 0 spiro atoms. The van der Waals surface area contributed by atoms with Crippen LogP contribution in [0, 0.1) is 10.1 Å². The van der Waals surface area contributed by atoms with Crippen LogP contribution in [0.4, 0.5) is 11.4 Å². The molecule has 2 aromatic rings. The Hall–Kier alpha value is -2.21. The molecule has 0 aliphatic heterocycles. The molecule has 0 fully saturated rings. The van der Waals surface area contributed by atoms with Crippen molar-refractivity contribution in [3.63, 3.8) is 0 Å². The number of amides is 1. The van der Waals surface area contributed by atoms with Crippen LogP contribution >= 0.6 is 11.3 Å². The zero-order chi connectivity index (χ0) is 12.3. The van der Waals surface area contributed by atoms with E-state index in [1.807, 2.05) is 0 Å². The fourth-order valence-electron chi connectivity index (χ4n) is 1.30. The Morgan fingerprint density at radius 2 is 2.12 bits per heavy atom. The van der Waals surface area contributed by atoms with Gasteiger partial charge in [0.1, 0.15) is 0 Å². The lowest BCUT2D eigenvalue weighted by atomic mass is 10.3. The van der Waals surface area contributed by atoms with Crippen molar-refractivity contribution in [1.82, 2.24) is 0 Å². The average molecular weight is 248 g/mol. The van der Waals surface area contributed by atoms with Crippen molar-refractivity contribution in [2.24, 2.45) is 0 Å². The van der Waals surface area contributed by atoms with E-state index in [0.29, 0.717) is 10.6 Å². The highest BCUT2D eigenvalue weighted by Crippen LogP contribution is 2.18. The van der Waals surface area contributed by atoms with Gasteiger partial charge in [-0.15, -0.1) is 11.3 Å². The summed E-state index contributed by atoms with van der Waals surface area (Å²) in [7, 11) is 0. The Kier molecular flexibility index (Phi) is 3.15. The molecule has 0 bridgehead atoms. The number of rotatable bonds is 3. The van der Waals surface area contributed by atoms with E-state index < -0.39 is 4.92 Å². The van der Waals surface area contributed by atoms with E-state index in [4.69, 9.17) is 0 Å². The first-order valence-electron chi connectivity index (χ1n) is 4.76. The van der Waals surface area contributed by atoms with E-state index in [2.05, 4.69) is 5.32 Å². The van der Waals surface area contributed by atoms with Crippen LogP contribution in [0.15, 0.2) is 41.8 Å². The van der Waals surface area contributed by atoms with E-state index in [-0.39, 0.29) is 11.6 Å². The number of nitro groups is 1. The second kappa shape index (κ2) is 4.75. The molecule has 0 radical (unpaired) electrons. The minimum atomic E-state index is -0.499. The normalized spacial score (nSPS) is 9.88. The lowest BCUT2D eigenvalue weighted by molar-refractivity contribution is -0.384. The van der Waals surface area contributed by atoms with Crippen molar-refractivity contribution in [3.8, 4) is 0 Å². The molecule has 86 valence electrons. The Bertz CT molecular complexity index is 552. The number of hydrogen-bond acceptors (Lipinski definition) is 4. The summed E-state index contributed by atoms with van der Waals surface area (Å²) in [4.78, 5) is 22.3. The van der Waals surface area contributed by atoms with Gasteiger partial charge in [-0.2, -0.15) is 0 Å². The first-order valence-corrected chi connectivity index (χ1v) is 5.64. The molecule has 0 unspecified atom stereocenters. The van der Waals surface area contributed by atoms with Crippen LogP contribution in [0.2, 0.25) is 0 Å². The van der Waals surface area contributed by atoms with Crippen LogP contribution in [0.5, 0.6) is 0 Å². The summed E-state index contributed by atoms with van der Waals surface area (Å²) in [6.07, 6.45) is 0. The molecule has 1 amide bonds. The summed E-state index contributed by atoms with van der Waals surface area (Å²) >= 11 is 1.31. The quantitative estimate of drug-likeness (QED) is 0.670. The number of anilines is 1. The number of carbonyl (C=O) groups excluding carboxylic acids is 1. The van der Waals surface area contributed by atoms with Crippen molar-refractivity contribution < 1.29 is 9.72 Å². The summed E-state index contributed by atoms with van der Waals surface area (Å²) in [5.74, 6) is -0.263. The molecule has 0 saturated carbocycles. The number of hydrogen-bond donors (Lipinski definition) is 1. The molecular formula is C11H8N2O3S. The Labute approximate surface area is 101 Å². The predicted octanol–water partition coefficient (Wildman–Crippen LogP) is 2.91. The second-order valence-corrected chi connectivity index (χ2v) is 4.19. The summed E-state index contributed by atoms with van der Waals surface area (Å²) in [6, 6.07) is 9.30. The highest BCUT2D eigenvalue weighted by Gasteiger charge is 2.09. The van der Waals surface area contributed by atoms with Gasteiger partial charge in [-0.25, -0.2) is 0 Å². The fraction of sp³-hybridized carbons (Fsp3) is 0. The second-order valence-electron chi connectivity index (χ2n) is 3.24. The highest BCUT2D eigenvalue weighted by atomic mass is 32.1. The number of nitro benzene ring substituents is 1. The maximum atomic E-state index is 11.7. The first kappa shape index (κ1) is 11.3. The lowest BCUT2D eigenvalue weighted by Gasteiger charge is -2.02. The Morgan fingerprint density at radius 3 is 2.76 bits per heavy atom. The predicted molar refractivity (Wildman–Crippen MR) is 65.4 cm³/mol. The van der Waals surface area contributed by atoms with Gasteiger partial charge in [0.25, 0.3) is 11.6 Å². The maximum absolute atomic E-state index is 11.7. The Balaban J connectivity index is 2.16. The highest BCUT2D eigenvalue weighted by molar-refractivity contribution is 7.12. The maximum Gasteiger partial charge on any atom is 0.271 e. The molecule has 1 heterocycles. The van der Waals surface area contributed by atoms with E-state index in [1.165, 1.54) is 29.5 Å². The molecule has 1 N–H and O–H groups in total. The van der Waals surface area contributed by atoms with Crippen molar-refractivity contribution in [2.75, 3.05) is 5.32 Å². The summed E-state index contributed by atoms with van der Waals surface area (Å²) in [6.45, 7) is 0. The van der Waals surface area contributed by atoms with Crippen molar-refractivity contribution in [1.29, 1.82) is 0 Å². The molecule has 0 aliphatic carbocycles. The van der Waals surface area contributed by atoms with Crippen molar-refractivity contribution >= 4 is 28.6 Å². The standard InChI is InChI=1S/C11H8N2O3S/c14-11(10-5-2-6-17-10)12-8-3-1-4-9(7-8)13(15)16/h1-7H,(H,12,14).